The summed E-state index contributed by atoms with van der Waals surface area (Å²) in [4.78, 5) is 13.1. The summed E-state index contributed by atoms with van der Waals surface area (Å²) in [6.07, 6.45) is 10.3. The zero-order valence-electron chi connectivity index (χ0n) is 19.7. The van der Waals surface area contributed by atoms with Gasteiger partial charge in [0, 0.05) is 25.1 Å². The van der Waals surface area contributed by atoms with E-state index < -0.39 is 16.2 Å². The zero-order chi connectivity index (χ0) is 24.0. The summed E-state index contributed by atoms with van der Waals surface area (Å²) in [6, 6.07) is 1.33. The Hall–Kier alpha value is -1.63. The van der Waals surface area contributed by atoms with Gasteiger partial charge in [0.25, 0.3) is 0 Å². The van der Waals surface area contributed by atoms with E-state index in [0.29, 0.717) is 45.0 Å². The maximum absolute atomic E-state index is 13.6. The molecule has 190 valence electrons. The number of hydrogen-bond donors (Lipinski definition) is 2. The van der Waals surface area contributed by atoms with E-state index in [-0.39, 0.29) is 41.6 Å². The van der Waals surface area contributed by atoms with Crippen LogP contribution < -0.4 is 14.3 Å². The van der Waals surface area contributed by atoms with Gasteiger partial charge in [-0.15, -0.1) is 0 Å². The molecular formula is C24H32N5NaO5S. The van der Waals surface area contributed by atoms with E-state index in [1.54, 1.807) is 17.1 Å². The van der Waals surface area contributed by atoms with Crippen LogP contribution in [0.4, 0.5) is 16.2 Å². The van der Waals surface area contributed by atoms with E-state index in [1.165, 1.54) is 15.4 Å². The Morgan fingerprint density at radius 2 is 1.69 bits per heavy atom. The molecule has 0 radical (unpaired) electrons. The second-order valence-corrected chi connectivity index (χ2v) is 11.4. The standard InChI is InChI=1S/C24H31N5O5S.Na.H/c30-24(26-23-21-5-1-3-16(21)11-17-4-2-6-22(17)23)27-35(31,32)29(18-7-9-33-10-8-18)19-12-25-28(13-19)20-14-34-15-20;;/h11-13,18,20H,1-10,14-15H2,(H2,26,27,30);;. The molecule has 1 aromatic heterocycles. The quantitative estimate of drug-likeness (QED) is 0.557. The van der Waals surface area contributed by atoms with Gasteiger partial charge < -0.3 is 14.8 Å². The van der Waals surface area contributed by atoms with Gasteiger partial charge in [0.05, 0.1) is 37.2 Å². The number of ether oxygens (including phenoxy) is 2. The number of urea groups is 1. The summed E-state index contributed by atoms with van der Waals surface area (Å²) >= 11 is 0. The predicted octanol–water partition coefficient (Wildman–Crippen LogP) is 1.84. The van der Waals surface area contributed by atoms with Crippen LogP contribution >= 0.6 is 0 Å². The van der Waals surface area contributed by atoms with E-state index >= 15 is 0 Å². The first kappa shape index (κ1) is 26.0. The minimum atomic E-state index is -4.19. The third-order valence-corrected chi connectivity index (χ3v) is 9.02. The van der Waals surface area contributed by atoms with Crippen molar-refractivity contribution in [2.75, 3.05) is 36.0 Å². The first-order chi connectivity index (χ1) is 17.0. The average Bonchev–Trinajstić information content (AvgIpc) is 3.54. The molecule has 2 fully saturated rings. The van der Waals surface area contributed by atoms with Crippen LogP contribution in [-0.2, 0) is 45.4 Å². The Labute approximate surface area is 233 Å². The Bertz CT molecular complexity index is 1210. The van der Waals surface area contributed by atoms with Gasteiger partial charge in [-0.05, 0) is 73.6 Å². The van der Waals surface area contributed by atoms with Crippen molar-refractivity contribution in [3.8, 4) is 0 Å². The number of nitrogens with zero attached hydrogens (tertiary/aromatic N) is 3. The third-order valence-electron chi connectivity index (χ3n) is 7.55. The minimum absolute atomic E-state index is 0. The van der Waals surface area contributed by atoms with Crippen LogP contribution in [0.2, 0.25) is 0 Å². The van der Waals surface area contributed by atoms with Crippen LogP contribution in [-0.4, -0.2) is 86.3 Å². The molecule has 0 spiro atoms. The van der Waals surface area contributed by atoms with Gasteiger partial charge in [-0.25, -0.2) is 13.8 Å². The summed E-state index contributed by atoms with van der Waals surface area (Å²) < 4.78 is 43.3. The normalized spacial score (nSPS) is 19.7. The fraction of sp³-hybridized carbons (Fsp3) is 0.583. The molecule has 2 saturated heterocycles. The van der Waals surface area contributed by atoms with Gasteiger partial charge >= 0.3 is 45.8 Å². The number of hydrogen-bond acceptors (Lipinski definition) is 6. The molecule has 0 unspecified atom stereocenters. The van der Waals surface area contributed by atoms with Gasteiger partial charge in [0.2, 0.25) is 0 Å². The molecule has 0 bridgehead atoms. The molecule has 2 aliphatic carbocycles. The molecule has 2 aromatic rings. The second-order valence-electron chi connectivity index (χ2n) is 9.80. The summed E-state index contributed by atoms with van der Waals surface area (Å²) in [5.41, 5.74) is 6.12. The van der Waals surface area contributed by atoms with Gasteiger partial charge in [0.1, 0.15) is 0 Å². The summed E-state index contributed by atoms with van der Waals surface area (Å²) in [7, 11) is -4.19. The summed E-state index contributed by atoms with van der Waals surface area (Å²) in [5, 5.41) is 7.30. The fourth-order valence-corrected chi connectivity index (χ4v) is 7.11. The van der Waals surface area contributed by atoms with Crippen molar-refractivity contribution in [1.29, 1.82) is 0 Å². The molecule has 10 nitrogen and oxygen atoms in total. The molecule has 4 aliphatic rings. The molecule has 3 heterocycles. The number of amides is 2. The number of nitrogens with one attached hydrogen (secondary N) is 2. The van der Waals surface area contributed by atoms with Crippen LogP contribution in [0.5, 0.6) is 0 Å². The number of carbonyl (C=O) groups is 1. The van der Waals surface area contributed by atoms with Crippen LogP contribution in [0, 0.1) is 0 Å². The van der Waals surface area contributed by atoms with Gasteiger partial charge in [0.15, 0.2) is 0 Å². The molecule has 2 amide bonds. The number of anilines is 2. The van der Waals surface area contributed by atoms with Crippen molar-refractivity contribution in [2.45, 2.75) is 63.5 Å². The molecule has 6 rings (SSSR count). The summed E-state index contributed by atoms with van der Waals surface area (Å²) in [5.74, 6) is 0. The molecule has 1 aromatic carbocycles. The number of benzene rings is 1. The van der Waals surface area contributed by atoms with Crippen LogP contribution in [0.1, 0.15) is 54.0 Å². The molecule has 0 saturated carbocycles. The molecule has 36 heavy (non-hydrogen) atoms. The molecule has 0 atom stereocenters. The Balaban J connectivity index is 0.00000267. The topological polar surface area (TPSA) is 115 Å². The maximum atomic E-state index is 13.6. The van der Waals surface area contributed by atoms with Crippen molar-refractivity contribution in [3.05, 3.63) is 40.7 Å². The Morgan fingerprint density at radius 3 is 2.31 bits per heavy atom. The van der Waals surface area contributed by atoms with Crippen LogP contribution in [0.15, 0.2) is 18.5 Å². The van der Waals surface area contributed by atoms with Crippen molar-refractivity contribution >= 4 is 57.2 Å². The van der Waals surface area contributed by atoms with E-state index in [0.717, 1.165) is 55.3 Å². The first-order valence-corrected chi connectivity index (χ1v) is 13.9. The Morgan fingerprint density at radius 1 is 1.03 bits per heavy atom. The first-order valence-electron chi connectivity index (χ1n) is 12.5. The number of rotatable bonds is 6. The van der Waals surface area contributed by atoms with E-state index in [2.05, 4.69) is 21.2 Å². The molecular weight excluding hydrogens is 493 g/mol. The van der Waals surface area contributed by atoms with Crippen molar-refractivity contribution in [2.24, 2.45) is 0 Å². The van der Waals surface area contributed by atoms with Crippen molar-refractivity contribution < 1.29 is 22.7 Å². The van der Waals surface area contributed by atoms with E-state index in [4.69, 9.17) is 9.47 Å². The monoisotopic (exact) mass is 525 g/mol. The van der Waals surface area contributed by atoms with Crippen LogP contribution in [0.3, 0.4) is 0 Å². The molecule has 2 N–H and O–H groups in total. The average molecular weight is 526 g/mol. The second kappa shape index (κ2) is 10.6. The van der Waals surface area contributed by atoms with E-state index in [1.807, 2.05) is 0 Å². The molecule has 12 heteroatoms. The Kier molecular flexibility index (Phi) is 7.67. The van der Waals surface area contributed by atoms with Crippen LogP contribution in [0.25, 0.3) is 0 Å². The van der Waals surface area contributed by atoms with Gasteiger partial charge in [-0.1, -0.05) is 6.07 Å². The van der Waals surface area contributed by atoms with Gasteiger partial charge in [-0.2, -0.15) is 13.5 Å². The summed E-state index contributed by atoms with van der Waals surface area (Å²) in [6.45, 7) is 2.04. The van der Waals surface area contributed by atoms with Crippen molar-refractivity contribution in [3.63, 3.8) is 0 Å². The van der Waals surface area contributed by atoms with Gasteiger partial charge in [-0.3, -0.25) is 4.68 Å². The third kappa shape index (κ3) is 4.93. The number of aryl methyl sites for hydroxylation is 2. The van der Waals surface area contributed by atoms with Crippen molar-refractivity contribution in [1.82, 2.24) is 14.5 Å². The SMILES string of the molecule is O=C(Nc1c2c(cc3c1CCC3)CCC2)NS(=O)(=O)N(c1cnn(C2COC2)c1)C1CCOCC1.[NaH]. The van der Waals surface area contributed by atoms with E-state index in [9.17, 15) is 13.2 Å². The number of carbonyl (C=O) groups excluding carboxylic acids is 1. The molecule has 2 aliphatic heterocycles. The number of aromatic nitrogens is 2. The fourth-order valence-electron chi connectivity index (χ4n) is 5.76. The predicted molar refractivity (Wildman–Crippen MR) is 137 cm³/mol. The zero-order valence-corrected chi connectivity index (χ0v) is 20.5. The number of fused-ring (bicyclic) bond motifs is 2.